The van der Waals surface area contributed by atoms with Crippen LogP contribution in [0.5, 0.6) is 11.5 Å². The third-order valence-corrected chi connectivity index (χ3v) is 3.51. The largest absolute Gasteiger partial charge is 0.493 e. The molecule has 0 spiro atoms. The molecule has 0 bridgehead atoms. The number of nitrogens with one attached hydrogen (secondary N) is 2. The van der Waals surface area contributed by atoms with Gasteiger partial charge in [-0.3, -0.25) is 9.59 Å². The molecule has 1 fully saturated rings. The summed E-state index contributed by atoms with van der Waals surface area (Å²) in [6.07, 6.45) is 2.23. The van der Waals surface area contributed by atoms with Gasteiger partial charge in [-0.2, -0.15) is 0 Å². The molecule has 2 rings (SSSR count). The zero-order chi connectivity index (χ0) is 15.9. The van der Waals surface area contributed by atoms with Crippen molar-refractivity contribution in [2.24, 2.45) is 5.92 Å². The molecule has 2 N–H and O–H groups in total. The molecule has 0 aromatic heterocycles. The van der Waals surface area contributed by atoms with Gasteiger partial charge in [-0.1, -0.05) is 6.07 Å². The van der Waals surface area contributed by atoms with Crippen molar-refractivity contribution in [3.8, 4) is 11.5 Å². The van der Waals surface area contributed by atoms with Crippen LogP contribution in [0.4, 0.5) is 0 Å². The molecule has 0 aliphatic heterocycles. The number of benzene rings is 1. The molecule has 2 amide bonds. The van der Waals surface area contributed by atoms with E-state index >= 15 is 0 Å². The molecule has 0 heterocycles. The lowest BCUT2D eigenvalue weighted by molar-refractivity contribution is -0.123. The first-order chi connectivity index (χ1) is 10.6. The second kappa shape index (κ2) is 7.68. The second-order valence-electron chi connectivity index (χ2n) is 5.28. The van der Waals surface area contributed by atoms with Crippen molar-refractivity contribution in [2.45, 2.75) is 19.3 Å². The Bertz CT molecular complexity index is 541. The van der Waals surface area contributed by atoms with Gasteiger partial charge < -0.3 is 20.1 Å². The average Bonchev–Trinajstić information content (AvgIpc) is 3.36. The van der Waals surface area contributed by atoms with E-state index in [1.165, 1.54) is 0 Å². The minimum absolute atomic E-state index is 0.0899. The zero-order valence-corrected chi connectivity index (χ0v) is 13.0. The molecule has 6 heteroatoms. The molecule has 6 nitrogen and oxygen atoms in total. The Morgan fingerprint density at radius 2 is 1.77 bits per heavy atom. The Kier molecular flexibility index (Phi) is 5.63. The van der Waals surface area contributed by atoms with Crippen molar-refractivity contribution >= 4 is 11.8 Å². The van der Waals surface area contributed by atoms with Crippen LogP contribution < -0.4 is 20.1 Å². The standard InChI is InChI=1S/C16H22N2O4/c1-21-13-6-3-11(9-14(13)22-2)10-15(19)17-7-8-18-16(20)12-4-5-12/h3,6,9,12H,4-5,7-8,10H2,1-2H3,(H,17,19)(H,18,20). The van der Waals surface area contributed by atoms with Crippen molar-refractivity contribution in [3.63, 3.8) is 0 Å². The Labute approximate surface area is 130 Å². The number of rotatable bonds is 8. The van der Waals surface area contributed by atoms with Crippen LogP contribution in [0.15, 0.2) is 18.2 Å². The van der Waals surface area contributed by atoms with Crippen LogP contribution in [0, 0.1) is 5.92 Å². The molecule has 0 saturated heterocycles. The van der Waals surface area contributed by atoms with Gasteiger partial charge in [0.2, 0.25) is 11.8 Å². The molecule has 0 radical (unpaired) electrons. The van der Waals surface area contributed by atoms with Crippen LogP contribution in [0.25, 0.3) is 0 Å². The van der Waals surface area contributed by atoms with Crippen LogP contribution in [-0.4, -0.2) is 39.1 Å². The van der Waals surface area contributed by atoms with E-state index in [2.05, 4.69) is 10.6 Å². The van der Waals surface area contributed by atoms with E-state index in [0.29, 0.717) is 24.6 Å². The lowest BCUT2D eigenvalue weighted by atomic mass is 10.1. The predicted molar refractivity (Wildman–Crippen MR) is 82.0 cm³/mol. The molecule has 1 saturated carbocycles. The molecule has 22 heavy (non-hydrogen) atoms. The van der Waals surface area contributed by atoms with Gasteiger partial charge >= 0.3 is 0 Å². The van der Waals surface area contributed by atoms with E-state index in [-0.39, 0.29) is 24.2 Å². The van der Waals surface area contributed by atoms with Crippen molar-refractivity contribution < 1.29 is 19.1 Å². The highest BCUT2D eigenvalue weighted by Crippen LogP contribution is 2.28. The highest BCUT2D eigenvalue weighted by Gasteiger charge is 2.28. The predicted octanol–water partition coefficient (Wildman–Crippen LogP) is 0.889. The van der Waals surface area contributed by atoms with E-state index in [0.717, 1.165) is 18.4 Å². The number of carbonyl (C=O) groups is 2. The minimum atomic E-state index is -0.0899. The van der Waals surface area contributed by atoms with Gasteiger partial charge in [0.1, 0.15) is 0 Å². The Hall–Kier alpha value is -2.24. The summed E-state index contributed by atoms with van der Waals surface area (Å²) in [7, 11) is 3.13. The monoisotopic (exact) mass is 306 g/mol. The summed E-state index contributed by atoms with van der Waals surface area (Å²) in [5, 5.41) is 5.59. The molecule has 0 unspecified atom stereocenters. The van der Waals surface area contributed by atoms with Gasteiger partial charge in [0.15, 0.2) is 11.5 Å². The number of methoxy groups -OCH3 is 2. The number of hydrogen-bond donors (Lipinski definition) is 2. The van der Waals surface area contributed by atoms with Gasteiger partial charge in [-0.05, 0) is 30.5 Å². The Morgan fingerprint density at radius 1 is 1.09 bits per heavy atom. The summed E-state index contributed by atoms with van der Waals surface area (Å²) in [5.74, 6) is 1.43. The molecule has 1 aliphatic rings. The Balaban J connectivity index is 1.73. The number of ether oxygens (including phenoxy) is 2. The van der Waals surface area contributed by atoms with Crippen molar-refractivity contribution in [1.29, 1.82) is 0 Å². The van der Waals surface area contributed by atoms with E-state index < -0.39 is 0 Å². The number of hydrogen-bond acceptors (Lipinski definition) is 4. The lowest BCUT2D eigenvalue weighted by Crippen LogP contribution is -2.35. The summed E-state index contributed by atoms with van der Waals surface area (Å²) >= 11 is 0. The molecular weight excluding hydrogens is 284 g/mol. The quantitative estimate of drug-likeness (QED) is 0.699. The molecule has 1 aromatic carbocycles. The van der Waals surface area contributed by atoms with Crippen molar-refractivity contribution in [1.82, 2.24) is 10.6 Å². The summed E-state index contributed by atoms with van der Waals surface area (Å²) in [5.41, 5.74) is 0.845. The number of amides is 2. The molecule has 0 atom stereocenters. The van der Waals surface area contributed by atoms with Gasteiger partial charge in [0, 0.05) is 19.0 Å². The van der Waals surface area contributed by atoms with Crippen LogP contribution in [-0.2, 0) is 16.0 Å². The smallest absolute Gasteiger partial charge is 0.224 e. The molecule has 1 aromatic rings. The summed E-state index contributed by atoms with van der Waals surface area (Å²) < 4.78 is 10.4. The normalized spacial score (nSPS) is 13.4. The summed E-state index contributed by atoms with van der Waals surface area (Å²) in [6.45, 7) is 0.900. The third-order valence-electron chi connectivity index (χ3n) is 3.51. The first kappa shape index (κ1) is 16.1. The number of carbonyl (C=O) groups excluding carboxylic acids is 2. The SMILES string of the molecule is COc1ccc(CC(=O)NCCNC(=O)C2CC2)cc1OC. The van der Waals surface area contributed by atoms with Crippen LogP contribution in [0.1, 0.15) is 18.4 Å². The topological polar surface area (TPSA) is 76.7 Å². The van der Waals surface area contributed by atoms with E-state index in [1.54, 1.807) is 26.4 Å². The zero-order valence-electron chi connectivity index (χ0n) is 13.0. The maximum atomic E-state index is 11.9. The fraction of sp³-hybridized carbons (Fsp3) is 0.500. The maximum absolute atomic E-state index is 11.9. The first-order valence-corrected chi connectivity index (χ1v) is 7.39. The van der Waals surface area contributed by atoms with Crippen molar-refractivity contribution in [2.75, 3.05) is 27.3 Å². The molecular formula is C16H22N2O4. The van der Waals surface area contributed by atoms with Crippen LogP contribution in [0.3, 0.4) is 0 Å². The van der Waals surface area contributed by atoms with E-state index in [9.17, 15) is 9.59 Å². The maximum Gasteiger partial charge on any atom is 0.224 e. The molecule has 120 valence electrons. The third kappa shape index (κ3) is 4.65. The van der Waals surface area contributed by atoms with Gasteiger partial charge in [0.05, 0.1) is 20.6 Å². The minimum Gasteiger partial charge on any atom is -0.493 e. The van der Waals surface area contributed by atoms with Crippen molar-refractivity contribution in [3.05, 3.63) is 23.8 Å². The van der Waals surface area contributed by atoms with E-state index in [4.69, 9.17) is 9.47 Å². The van der Waals surface area contributed by atoms with Gasteiger partial charge in [-0.15, -0.1) is 0 Å². The fourth-order valence-electron chi connectivity index (χ4n) is 2.12. The van der Waals surface area contributed by atoms with Crippen LogP contribution in [0.2, 0.25) is 0 Å². The highest BCUT2D eigenvalue weighted by atomic mass is 16.5. The Morgan fingerprint density at radius 3 is 2.41 bits per heavy atom. The summed E-state index contributed by atoms with van der Waals surface area (Å²) in [4.78, 5) is 23.3. The highest BCUT2D eigenvalue weighted by molar-refractivity contribution is 5.81. The van der Waals surface area contributed by atoms with Gasteiger partial charge in [-0.25, -0.2) is 0 Å². The first-order valence-electron chi connectivity index (χ1n) is 7.39. The van der Waals surface area contributed by atoms with Gasteiger partial charge in [0.25, 0.3) is 0 Å². The lowest BCUT2D eigenvalue weighted by Gasteiger charge is -2.10. The summed E-state index contributed by atoms with van der Waals surface area (Å²) in [6, 6.07) is 5.39. The fourth-order valence-corrected chi connectivity index (χ4v) is 2.12. The second-order valence-corrected chi connectivity index (χ2v) is 5.28. The molecule has 1 aliphatic carbocycles. The van der Waals surface area contributed by atoms with E-state index in [1.807, 2.05) is 6.07 Å². The average molecular weight is 306 g/mol. The van der Waals surface area contributed by atoms with Crippen LogP contribution >= 0.6 is 0 Å².